The van der Waals surface area contributed by atoms with E-state index in [0.717, 1.165) is 45.3 Å². The number of ether oxygens (including phenoxy) is 2. The molecule has 0 saturated carbocycles. The number of carbonyl (C=O) groups is 1. The zero-order valence-corrected chi connectivity index (χ0v) is 11.3. The molecule has 5 nitrogen and oxygen atoms in total. The Bertz CT molecular complexity index is 235. The summed E-state index contributed by atoms with van der Waals surface area (Å²) in [5, 5.41) is 8.69. The summed E-state index contributed by atoms with van der Waals surface area (Å²) in [6.45, 7) is 3.79. The molecule has 0 bridgehead atoms. The van der Waals surface area contributed by atoms with Crippen molar-refractivity contribution in [1.29, 1.82) is 0 Å². The summed E-state index contributed by atoms with van der Waals surface area (Å²) >= 11 is 0. The quantitative estimate of drug-likeness (QED) is 0.516. The fraction of sp³-hybridized carbons (Fsp3) is 0.923. The zero-order chi connectivity index (χ0) is 13.2. The molecule has 1 atom stereocenters. The average Bonchev–Trinajstić information content (AvgIpc) is 2.39. The van der Waals surface area contributed by atoms with Crippen LogP contribution in [0.1, 0.15) is 32.1 Å². The van der Waals surface area contributed by atoms with Gasteiger partial charge in [0.1, 0.15) is 0 Å². The number of hydrogen-bond donors (Lipinski definition) is 1. The largest absolute Gasteiger partial charge is 0.469 e. The summed E-state index contributed by atoms with van der Waals surface area (Å²) in [5.41, 5.74) is 0. The number of rotatable bonds is 8. The number of aliphatic hydroxyl groups excluding tert-OH is 1. The molecule has 5 heteroatoms. The molecule has 106 valence electrons. The Balaban J connectivity index is 2.12. The number of unbranched alkanes of at least 4 members (excludes halogenated alkanes) is 3. The topological polar surface area (TPSA) is 59.0 Å². The molecule has 1 N–H and O–H groups in total. The van der Waals surface area contributed by atoms with Gasteiger partial charge in [-0.05, 0) is 19.4 Å². The van der Waals surface area contributed by atoms with Crippen molar-refractivity contribution in [2.45, 2.75) is 38.2 Å². The zero-order valence-electron chi connectivity index (χ0n) is 11.3. The van der Waals surface area contributed by atoms with Crippen molar-refractivity contribution in [1.82, 2.24) is 4.90 Å². The van der Waals surface area contributed by atoms with Crippen molar-refractivity contribution >= 4 is 5.97 Å². The second-order valence-electron chi connectivity index (χ2n) is 4.71. The highest BCUT2D eigenvalue weighted by molar-refractivity contribution is 5.69. The predicted octanol–water partition coefficient (Wildman–Crippen LogP) is 0.803. The number of esters is 1. The third-order valence-electron chi connectivity index (χ3n) is 3.23. The molecule has 1 saturated heterocycles. The third kappa shape index (κ3) is 6.33. The molecule has 1 aliphatic rings. The molecule has 0 amide bonds. The van der Waals surface area contributed by atoms with Gasteiger partial charge in [0.15, 0.2) is 0 Å². The van der Waals surface area contributed by atoms with E-state index in [-0.39, 0.29) is 12.1 Å². The van der Waals surface area contributed by atoms with Gasteiger partial charge in [-0.3, -0.25) is 9.69 Å². The lowest BCUT2D eigenvalue weighted by Crippen LogP contribution is -2.43. The molecule has 1 rings (SSSR count). The molecule has 0 aromatic heterocycles. The van der Waals surface area contributed by atoms with Gasteiger partial charge in [-0.2, -0.15) is 0 Å². The Hall–Kier alpha value is -0.650. The second-order valence-corrected chi connectivity index (χ2v) is 4.71. The van der Waals surface area contributed by atoms with Crippen molar-refractivity contribution in [3.63, 3.8) is 0 Å². The van der Waals surface area contributed by atoms with Crippen LogP contribution in [0.4, 0.5) is 0 Å². The van der Waals surface area contributed by atoms with Gasteiger partial charge < -0.3 is 14.6 Å². The molecule has 1 aliphatic heterocycles. The normalized spacial score (nSPS) is 20.9. The van der Waals surface area contributed by atoms with Crippen molar-refractivity contribution in [3.8, 4) is 0 Å². The Morgan fingerprint density at radius 2 is 2.17 bits per heavy atom. The maximum Gasteiger partial charge on any atom is 0.308 e. The number of hydrogen-bond acceptors (Lipinski definition) is 5. The molecular formula is C13H25NO4. The molecule has 0 aromatic rings. The Morgan fingerprint density at radius 3 is 2.89 bits per heavy atom. The molecule has 0 radical (unpaired) electrons. The number of carbonyl (C=O) groups excluding carboxylic acids is 1. The van der Waals surface area contributed by atoms with Crippen molar-refractivity contribution in [3.05, 3.63) is 0 Å². The van der Waals surface area contributed by atoms with Crippen molar-refractivity contribution < 1.29 is 19.4 Å². The first-order valence-corrected chi connectivity index (χ1v) is 6.78. The second kappa shape index (κ2) is 9.30. The molecule has 0 spiro atoms. The van der Waals surface area contributed by atoms with E-state index in [1.165, 1.54) is 7.11 Å². The maximum atomic E-state index is 11.2. The van der Waals surface area contributed by atoms with Crippen molar-refractivity contribution in [2.75, 3.05) is 40.0 Å². The van der Waals surface area contributed by atoms with Gasteiger partial charge in [0.05, 0.1) is 26.2 Å². The summed E-state index contributed by atoms with van der Waals surface area (Å²) in [7, 11) is 1.41. The standard InChI is InChI=1S/C13H25NO4/c1-17-13(16)10-12-11-14(7-9-18-12)6-4-2-3-5-8-15/h12,15H,2-11H2,1H3. The molecule has 0 aliphatic carbocycles. The van der Waals surface area contributed by atoms with Crippen LogP contribution in [0.25, 0.3) is 0 Å². The summed E-state index contributed by atoms with van der Waals surface area (Å²) in [6, 6.07) is 0. The van der Waals surface area contributed by atoms with E-state index >= 15 is 0 Å². The van der Waals surface area contributed by atoms with Crippen LogP contribution in [0.2, 0.25) is 0 Å². The lowest BCUT2D eigenvalue weighted by atomic mass is 10.1. The molecular weight excluding hydrogens is 234 g/mol. The molecule has 1 fully saturated rings. The molecule has 1 heterocycles. The summed E-state index contributed by atoms with van der Waals surface area (Å²) in [4.78, 5) is 13.5. The van der Waals surface area contributed by atoms with E-state index in [9.17, 15) is 4.79 Å². The van der Waals surface area contributed by atoms with Crippen LogP contribution < -0.4 is 0 Å². The van der Waals surface area contributed by atoms with Gasteiger partial charge in [-0.15, -0.1) is 0 Å². The van der Waals surface area contributed by atoms with Gasteiger partial charge in [-0.25, -0.2) is 0 Å². The first-order valence-electron chi connectivity index (χ1n) is 6.78. The summed E-state index contributed by atoms with van der Waals surface area (Å²) in [6.07, 6.45) is 4.60. The SMILES string of the molecule is COC(=O)CC1CN(CCCCCCO)CCO1. The minimum Gasteiger partial charge on any atom is -0.469 e. The van der Waals surface area contributed by atoms with Gasteiger partial charge in [0, 0.05) is 19.7 Å². The van der Waals surface area contributed by atoms with E-state index < -0.39 is 0 Å². The number of nitrogens with zero attached hydrogens (tertiary/aromatic N) is 1. The van der Waals surface area contributed by atoms with Gasteiger partial charge in [-0.1, -0.05) is 12.8 Å². The minimum absolute atomic E-state index is 0.0244. The lowest BCUT2D eigenvalue weighted by molar-refractivity contribution is -0.145. The Labute approximate surface area is 109 Å². The minimum atomic E-state index is -0.204. The Morgan fingerprint density at radius 1 is 1.39 bits per heavy atom. The van der Waals surface area contributed by atoms with Gasteiger partial charge in [0.2, 0.25) is 0 Å². The maximum absolute atomic E-state index is 11.2. The highest BCUT2D eigenvalue weighted by Gasteiger charge is 2.22. The van der Waals surface area contributed by atoms with Gasteiger partial charge >= 0.3 is 5.97 Å². The summed E-state index contributed by atoms with van der Waals surface area (Å²) < 4.78 is 10.2. The molecule has 18 heavy (non-hydrogen) atoms. The van der Waals surface area contributed by atoms with E-state index in [4.69, 9.17) is 9.84 Å². The Kier molecular flexibility index (Phi) is 7.96. The monoisotopic (exact) mass is 259 g/mol. The van der Waals surface area contributed by atoms with E-state index in [0.29, 0.717) is 19.6 Å². The van der Waals surface area contributed by atoms with Gasteiger partial charge in [0.25, 0.3) is 0 Å². The molecule has 0 aromatic carbocycles. The van der Waals surface area contributed by atoms with E-state index in [1.807, 2.05) is 0 Å². The first kappa shape index (κ1) is 15.4. The first-order chi connectivity index (χ1) is 8.76. The van der Waals surface area contributed by atoms with E-state index in [2.05, 4.69) is 9.64 Å². The highest BCUT2D eigenvalue weighted by Crippen LogP contribution is 2.11. The average molecular weight is 259 g/mol. The van der Waals surface area contributed by atoms with E-state index in [1.54, 1.807) is 0 Å². The number of aliphatic hydroxyl groups is 1. The van der Waals surface area contributed by atoms with Crippen molar-refractivity contribution in [2.24, 2.45) is 0 Å². The van der Waals surface area contributed by atoms with Crippen LogP contribution in [-0.2, 0) is 14.3 Å². The lowest BCUT2D eigenvalue weighted by Gasteiger charge is -2.32. The fourth-order valence-corrected chi connectivity index (χ4v) is 2.18. The number of morpholine rings is 1. The van der Waals surface area contributed by atoms with Crippen LogP contribution in [0.5, 0.6) is 0 Å². The predicted molar refractivity (Wildman–Crippen MR) is 68.4 cm³/mol. The molecule has 1 unspecified atom stereocenters. The summed E-state index contributed by atoms with van der Waals surface area (Å²) in [5.74, 6) is -0.204. The van der Waals surface area contributed by atoms with Crippen LogP contribution in [0.15, 0.2) is 0 Å². The van der Waals surface area contributed by atoms with Crippen LogP contribution in [0, 0.1) is 0 Å². The third-order valence-corrected chi connectivity index (χ3v) is 3.23. The highest BCUT2D eigenvalue weighted by atomic mass is 16.5. The van der Waals surface area contributed by atoms with Crippen LogP contribution in [-0.4, -0.2) is 62.0 Å². The van der Waals surface area contributed by atoms with Crippen LogP contribution >= 0.6 is 0 Å². The fourth-order valence-electron chi connectivity index (χ4n) is 2.18. The van der Waals surface area contributed by atoms with Crippen LogP contribution in [0.3, 0.4) is 0 Å². The number of methoxy groups -OCH3 is 1. The smallest absolute Gasteiger partial charge is 0.308 e.